The van der Waals surface area contributed by atoms with E-state index in [4.69, 9.17) is 0 Å². The minimum atomic E-state index is -1.01. The molecule has 0 bridgehead atoms. The number of carbonyl (C=O) groups is 2. The van der Waals surface area contributed by atoms with Crippen LogP contribution < -0.4 is 5.73 Å². The van der Waals surface area contributed by atoms with E-state index >= 15 is 0 Å². The zero-order chi connectivity index (χ0) is 6.85. The van der Waals surface area contributed by atoms with E-state index in [0.29, 0.717) is 0 Å². The van der Waals surface area contributed by atoms with Gasteiger partial charge in [-0.1, -0.05) is 0 Å². The van der Waals surface area contributed by atoms with E-state index in [9.17, 15) is 9.59 Å². The molecule has 0 saturated heterocycles. The van der Waals surface area contributed by atoms with Crippen molar-refractivity contribution in [2.45, 2.75) is 18.9 Å². The smallest absolute Gasteiger partial charge is 0.396 e. The molecule has 0 aromatic carbocycles. The summed E-state index contributed by atoms with van der Waals surface area (Å²) in [6, 6.07) is 0. The maximum Gasteiger partial charge on any atom is 0.396 e. The molecule has 1 amide bonds. The van der Waals surface area contributed by atoms with Crippen LogP contribution in [0.15, 0.2) is 0 Å². The number of nitrogens with two attached hydrogens (primary N) is 1. The number of rotatable bonds is 1. The van der Waals surface area contributed by atoms with E-state index in [1.54, 1.807) is 0 Å². The van der Waals surface area contributed by atoms with E-state index < -0.39 is 11.9 Å². The Labute approximate surface area is 52.0 Å². The van der Waals surface area contributed by atoms with Crippen molar-refractivity contribution in [3.8, 4) is 0 Å². The summed E-state index contributed by atoms with van der Waals surface area (Å²) in [7, 11) is 0. The van der Waals surface area contributed by atoms with Crippen molar-refractivity contribution in [1.82, 2.24) is 0 Å². The molecule has 0 atom stereocenters. The number of ether oxygens (including phenoxy) is 1. The molecule has 4 heteroatoms. The molecule has 1 fully saturated rings. The minimum Gasteiger partial charge on any atom is -0.455 e. The summed E-state index contributed by atoms with van der Waals surface area (Å²) >= 11 is 0. The van der Waals surface area contributed by atoms with Crippen LogP contribution in [0.25, 0.3) is 0 Å². The molecule has 1 rings (SSSR count). The first kappa shape index (κ1) is 6.07. The van der Waals surface area contributed by atoms with Crippen molar-refractivity contribution < 1.29 is 14.3 Å². The van der Waals surface area contributed by atoms with Crippen molar-refractivity contribution in [3.63, 3.8) is 0 Å². The lowest BCUT2D eigenvalue weighted by Crippen LogP contribution is -2.25. The fraction of sp³-hybridized carbons (Fsp3) is 0.600. The molecule has 0 radical (unpaired) electrons. The van der Waals surface area contributed by atoms with Gasteiger partial charge in [-0.25, -0.2) is 4.79 Å². The van der Waals surface area contributed by atoms with Crippen LogP contribution in [-0.4, -0.2) is 18.0 Å². The predicted octanol–water partition coefficient (Wildman–Crippen LogP) is -0.823. The van der Waals surface area contributed by atoms with Gasteiger partial charge in [-0.05, 0) is 12.8 Å². The number of primary amides is 1. The van der Waals surface area contributed by atoms with Crippen LogP contribution in [0.4, 0.5) is 0 Å². The molecule has 50 valence electrons. The highest BCUT2D eigenvalue weighted by atomic mass is 16.6. The first-order valence-corrected chi connectivity index (χ1v) is 2.70. The summed E-state index contributed by atoms with van der Waals surface area (Å²) < 4.78 is 4.51. The molecule has 1 aliphatic rings. The molecule has 2 N–H and O–H groups in total. The summed E-state index contributed by atoms with van der Waals surface area (Å²) in [5.41, 5.74) is 4.60. The van der Waals surface area contributed by atoms with Gasteiger partial charge in [-0.2, -0.15) is 0 Å². The second kappa shape index (κ2) is 2.05. The predicted molar refractivity (Wildman–Crippen MR) is 28.3 cm³/mol. The summed E-state index contributed by atoms with van der Waals surface area (Å²) in [6.07, 6.45) is 1.68. The Morgan fingerprint density at radius 2 is 2.00 bits per heavy atom. The third-order valence-corrected chi connectivity index (χ3v) is 0.999. The van der Waals surface area contributed by atoms with Gasteiger partial charge < -0.3 is 10.5 Å². The van der Waals surface area contributed by atoms with Crippen molar-refractivity contribution in [1.29, 1.82) is 0 Å². The molecule has 0 aromatic rings. The Balaban J connectivity index is 2.25. The van der Waals surface area contributed by atoms with Crippen LogP contribution in [0, 0.1) is 0 Å². The second-order valence-corrected chi connectivity index (χ2v) is 1.97. The van der Waals surface area contributed by atoms with E-state index in [0.717, 1.165) is 12.8 Å². The molecular weight excluding hydrogens is 122 g/mol. The second-order valence-electron chi connectivity index (χ2n) is 1.97. The van der Waals surface area contributed by atoms with Gasteiger partial charge in [0.05, 0.1) is 0 Å². The largest absolute Gasteiger partial charge is 0.455 e. The number of hydrogen-bond donors (Lipinski definition) is 1. The average molecular weight is 129 g/mol. The van der Waals surface area contributed by atoms with Gasteiger partial charge in [0, 0.05) is 0 Å². The number of amides is 1. The Morgan fingerprint density at radius 1 is 1.44 bits per heavy atom. The summed E-state index contributed by atoms with van der Waals surface area (Å²) in [5.74, 6) is -1.93. The van der Waals surface area contributed by atoms with Crippen molar-refractivity contribution in [2.75, 3.05) is 0 Å². The maximum absolute atomic E-state index is 10.3. The van der Waals surface area contributed by atoms with Crippen molar-refractivity contribution in [3.05, 3.63) is 0 Å². The Hall–Kier alpha value is -1.06. The third kappa shape index (κ3) is 1.71. The first-order valence-electron chi connectivity index (χ1n) is 2.70. The van der Waals surface area contributed by atoms with Crippen LogP contribution in [0.5, 0.6) is 0 Å². The molecule has 1 saturated carbocycles. The Kier molecular flexibility index (Phi) is 1.38. The summed E-state index contributed by atoms with van der Waals surface area (Å²) in [5, 5.41) is 0. The van der Waals surface area contributed by atoms with Gasteiger partial charge in [0.2, 0.25) is 0 Å². The molecule has 0 unspecified atom stereocenters. The van der Waals surface area contributed by atoms with Crippen LogP contribution in [0.3, 0.4) is 0 Å². The van der Waals surface area contributed by atoms with Crippen molar-refractivity contribution in [2.24, 2.45) is 5.73 Å². The highest BCUT2D eigenvalue weighted by Gasteiger charge is 2.27. The van der Waals surface area contributed by atoms with Crippen molar-refractivity contribution >= 4 is 11.9 Å². The van der Waals surface area contributed by atoms with Gasteiger partial charge >= 0.3 is 11.9 Å². The fourth-order valence-corrected chi connectivity index (χ4v) is 0.395. The maximum atomic E-state index is 10.3. The molecular formula is C5H7NO3. The standard InChI is InChI=1S/C5H7NO3/c6-4(7)5(8)9-3-1-2-3/h3H,1-2H2,(H2,6,7). The van der Waals surface area contributed by atoms with E-state index in [2.05, 4.69) is 10.5 Å². The first-order chi connectivity index (χ1) is 4.20. The van der Waals surface area contributed by atoms with Gasteiger partial charge in [0.15, 0.2) is 0 Å². The highest BCUT2D eigenvalue weighted by molar-refractivity contribution is 6.31. The number of carbonyl (C=O) groups excluding carboxylic acids is 2. The molecule has 0 heterocycles. The van der Waals surface area contributed by atoms with Crippen LogP contribution in [0.1, 0.15) is 12.8 Å². The lowest BCUT2D eigenvalue weighted by Gasteiger charge is -1.95. The monoisotopic (exact) mass is 129 g/mol. The highest BCUT2D eigenvalue weighted by Crippen LogP contribution is 2.23. The van der Waals surface area contributed by atoms with E-state index in [1.165, 1.54) is 0 Å². The summed E-state index contributed by atoms with van der Waals surface area (Å²) in [4.78, 5) is 20.3. The van der Waals surface area contributed by atoms with Gasteiger partial charge in [-0.3, -0.25) is 4.79 Å². The number of esters is 1. The zero-order valence-corrected chi connectivity index (χ0v) is 4.79. The van der Waals surface area contributed by atoms with Gasteiger partial charge in [0.25, 0.3) is 0 Å². The lowest BCUT2D eigenvalue weighted by atomic mass is 10.6. The molecule has 9 heavy (non-hydrogen) atoms. The molecule has 4 nitrogen and oxygen atoms in total. The van der Waals surface area contributed by atoms with Crippen LogP contribution in [0.2, 0.25) is 0 Å². The number of hydrogen-bond acceptors (Lipinski definition) is 3. The SMILES string of the molecule is NC(=O)C(=O)OC1CC1. The molecule has 0 aromatic heterocycles. The Bertz CT molecular complexity index is 150. The zero-order valence-electron chi connectivity index (χ0n) is 4.79. The molecule has 0 aliphatic heterocycles. The van der Waals surface area contributed by atoms with Crippen LogP contribution >= 0.6 is 0 Å². The minimum absolute atomic E-state index is 0.0370. The van der Waals surface area contributed by atoms with E-state index in [-0.39, 0.29) is 6.10 Å². The van der Waals surface area contributed by atoms with E-state index in [1.807, 2.05) is 0 Å². The third-order valence-electron chi connectivity index (χ3n) is 0.999. The van der Waals surface area contributed by atoms with Gasteiger partial charge in [0.1, 0.15) is 6.10 Å². The normalized spacial score (nSPS) is 16.9. The topological polar surface area (TPSA) is 69.4 Å². The Morgan fingerprint density at radius 3 is 2.33 bits per heavy atom. The van der Waals surface area contributed by atoms with Gasteiger partial charge in [-0.15, -0.1) is 0 Å². The molecule has 0 spiro atoms. The van der Waals surface area contributed by atoms with Crippen LogP contribution in [-0.2, 0) is 14.3 Å². The quantitative estimate of drug-likeness (QED) is 0.371. The molecule has 1 aliphatic carbocycles. The fourth-order valence-electron chi connectivity index (χ4n) is 0.395. The summed E-state index contributed by atoms with van der Waals surface area (Å²) in [6.45, 7) is 0. The lowest BCUT2D eigenvalue weighted by molar-refractivity contribution is -0.154. The average Bonchev–Trinajstić information content (AvgIpc) is 2.50.